The van der Waals surface area contributed by atoms with Crippen molar-refractivity contribution in [1.29, 1.82) is 5.26 Å². The third kappa shape index (κ3) is 2.28. The molecule has 0 amide bonds. The lowest BCUT2D eigenvalue weighted by atomic mass is 9.97. The fraction of sp³-hybridized carbons (Fsp3) is 0.182. The summed E-state index contributed by atoms with van der Waals surface area (Å²) < 4.78 is 30.0. The van der Waals surface area contributed by atoms with Crippen LogP contribution in [0.1, 0.15) is 38.3 Å². The molecule has 4 nitrogen and oxygen atoms in total. The van der Waals surface area contributed by atoms with Crippen LogP contribution in [0.5, 0.6) is 0 Å². The average molecular weight is 239 g/mol. The molecule has 0 aliphatic heterocycles. The maximum Gasteiger partial charge on any atom is 0.339 e. The average Bonchev–Trinajstić information content (AvgIpc) is 2.35. The quantitative estimate of drug-likeness (QED) is 0.598. The van der Waals surface area contributed by atoms with E-state index in [1.54, 1.807) is 6.07 Å². The van der Waals surface area contributed by atoms with Gasteiger partial charge in [-0.15, -0.1) is 0 Å². The molecule has 0 aliphatic rings. The summed E-state index contributed by atoms with van der Waals surface area (Å²) in [6.07, 6.45) is -2.78. The van der Waals surface area contributed by atoms with Crippen molar-refractivity contribution in [2.75, 3.05) is 7.11 Å². The van der Waals surface area contributed by atoms with Crippen molar-refractivity contribution in [2.24, 2.45) is 0 Å². The van der Waals surface area contributed by atoms with E-state index in [0.717, 1.165) is 19.2 Å². The fourth-order valence-electron chi connectivity index (χ4n) is 1.39. The number of carbonyl (C=O) groups is 2. The molecule has 0 saturated heterocycles. The van der Waals surface area contributed by atoms with Crippen LogP contribution in [-0.4, -0.2) is 19.4 Å². The van der Waals surface area contributed by atoms with E-state index in [1.165, 1.54) is 0 Å². The lowest BCUT2D eigenvalue weighted by Gasteiger charge is -2.10. The molecule has 0 aromatic heterocycles. The molecule has 0 unspecified atom stereocenters. The highest BCUT2D eigenvalue weighted by molar-refractivity contribution is 6.00. The zero-order valence-electron chi connectivity index (χ0n) is 8.74. The van der Waals surface area contributed by atoms with E-state index in [2.05, 4.69) is 4.74 Å². The van der Waals surface area contributed by atoms with Gasteiger partial charge in [-0.1, -0.05) is 0 Å². The Morgan fingerprint density at radius 2 is 2.18 bits per heavy atom. The molecular formula is C11H7F2NO3. The topological polar surface area (TPSA) is 67.2 Å². The molecule has 0 radical (unpaired) electrons. The second-order valence-corrected chi connectivity index (χ2v) is 3.01. The molecule has 1 aromatic carbocycles. The van der Waals surface area contributed by atoms with Crippen molar-refractivity contribution in [1.82, 2.24) is 0 Å². The first-order valence-electron chi connectivity index (χ1n) is 4.45. The second-order valence-electron chi connectivity index (χ2n) is 3.01. The van der Waals surface area contributed by atoms with Gasteiger partial charge in [0.2, 0.25) is 0 Å². The lowest BCUT2D eigenvalue weighted by Crippen LogP contribution is -2.11. The Morgan fingerprint density at radius 3 is 2.59 bits per heavy atom. The fourth-order valence-corrected chi connectivity index (χ4v) is 1.39. The molecule has 17 heavy (non-hydrogen) atoms. The summed E-state index contributed by atoms with van der Waals surface area (Å²) in [5.41, 5.74) is -1.92. The molecule has 0 spiro atoms. The van der Waals surface area contributed by atoms with Gasteiger partial charge in [0.25, 0.3) is 6.43 Å². The minimum absolute atomic E-state index is 0.230. The highest BCUT2D eigenvalue weighted by atomic mass is 19.3. The molecule has 88 valence electrons. The van der Waals surface area contributed by atoms with Gasteiger partial charge in [-0.3, -0.25) is 4.79 Å². The summed E-state index contributed by atoms with van der Waals surface area (Å²) in [5.74, 6) is -1.07. The number of nitriles is 1. The number of halogens is 2. The Balaban J connectivity index is 3.65. The van der Waals surface area contributed by atoms with Crippen LogP contribution in [0.25, 0.3) is 0 Å². The van der Waals surface area contributed by atoms with Crippen molar-refractivity contribution in [3.8, 4) is 6.07 Å². The molecule has 0 N–H and O–H groups in total. The van der Waals surface area contributed by atoms with Gasteiger partial charge in [0.1, 0.15) is 0 Å². The molecule has 0 aliphatic carbocycles. The number of ether oxygens (including phenoxy) is 1. The van der Waals surface area contributed by atoms with Gasteiger partial charge in [0, 0.05) is 5.56 Å². The SMILES string of the molecule is COC(=O)c1c(C=O)ccc(C#N)c1C(F)F. The monoisotopic (exact) mass is 239 g/mol. The molecule has 0 saturated carbocycles. The van der Waals surface area contributed by atoms with Crippen LogP contribution in [0.4, 0.5) is 8.78 Å². The van der Waals surface area contributed by atoms with Crippen molar-refractivity contribution in [3.63, 3.8) is 0 Å². The first-order chi connectivity index (χ1) is 8.06. The summed E-state index contributed by atoms with van der Waals surface area (Å²) >= 11 is 0. The number of alkyl halides is 2. The van der Waals surface area contributed by atoms with Gasteiger partial charge in [-0.2, -0.15) is 5.26 Å². The Labute approximate surface area is 95.4 Å². The molecule has 6 heteroatoms. The number of esters is 1. The van der Waals surface area contributed by atoms with Crippen LogP contribution in [0.3, 0.4) is 0 Å². The summed E-state index contributed by atoms with van der Waals surface area (Å²) in [6, 6.07) is 3.74. The Morgan fingerprint density at radius 1 is 1.53 bits per heavy atom. The van der Waals surface area contributed by atoms with Crippen LogP contribution in [0.15, 0.2) is 12.1 Å². The van der Waals surface area contributed by atoms with E-state index in [-0.39, 0.29) is 17.4 Å². The third-order valence-corrected chi connectivity index (χ3v) is 2.13. The summed E-state index contributed by atoms with van der Waals surface area (Å²) in [7, 11) is 1.01. The predicted molar refractivity (Wildman–Crippen MR) is 52.8 cm³/mol. The molecule has 0 bridgehead atoms. The Kier molecular flexibility index (Phi) is 3.88. The minimum Gasteiger partial charge on any atom is -0.465 e. The van der Waals surface area contributed by atoms with E-state index < -0.39 is 23.5 Å². The van der Waals surface area contributed by atoms with Crippen molar-refractivity contribution < 1.29 is 23.1 Å². The van der Waals surface area contributed by atoms with E-state index in [4.69, 9.17) is 5.26 Å². The van der Waals surface area contributed by atoms with Gasteiger partial charge < -0.3 is 4.74 Å². The Hall–Kier alpha value is -2.29. The van der Waals surface area contributed by atoms with E-state index in [9.17, 15) is 18.4 Å². The van der Waals surface area contributed by atoms with Crippen molar-refractivity contribution >= 4 is 12.3 Å². The van der Waals surface area contributed by atoms with Gasteiger partial charge in [0.05, 0.1) is 29.9 Å². The van der Waals surface area contributed by atoms with E-state index in [1.807, 2.05) is 0 Å². The first kappa shape index (κ1) is 12.8. The zero-order valence-corrected chi connectivity index (χ0v) is 8.74. The van der Waals surface area contributed by atoms with Crippen LogP contribution in [0, 0.1) is 11.3 Å². The van der Waals surface area contributed by atoms with Crippen LogP contribution >= 0.6 is 0 Å². The molecular weight excluding hydrogens is 232 g/mol. The molecule has 1 rings (SSSR count). The van der Waals surface area contributed by atoms with Gasteiger partial charge in [-0.05, 0) is 12.1 Å². The lowest BCUT2D eigenvalue weighted by molar-refractivity contribution is 0.0586. The predicted octanol–water partition coefficient (Wildman–Crippen LogP) is 2.09. The molecule has 0 fully saturated rings. The largest absolute Gasteiger partial charge is 0.465 e. The van der Waals surface area contributed by atoms with Crippen molar-refractivity contribution in [3.05, 3.63) is 34.4 Å². The standard InChI is InChI=1S/C11H7F2NO3/c1-17-11(16)9-7(5-15)3-2-6(4-14)8(9)10(12)13/h2-3,5,10H,1H3. The highest BCUT2D eigenvalue weighted by Crippen LogP contribution is 2.29. The number of benzene rings is 1. The summed E-state index contributed by atoms with van der Waals surface area (Å²) in [4.78, 5) is 22.0. The second kappa shape index (κ2) is 5.16. The Bertz CT molecular complexity index is 506. The van der Waals surface area contributed by atoms with Crippen LogP contribution in [0.2, 0.25) is 0 Å². The summed E-state index contributed by atoms with van der Waals surface area (Å²) in [6.45, 7) is 0. The van der Waals surface area contributed by atoms with Gasteiger partial charge in [-0.25, -0.2) is 13.6 Å². The van der Waals surface area contributed by atoms with Crippen molar-refractivity contribution in [2.45, 2.75) is 6.43 Å². The number of hydrogen-bond acceptors (Lipinski definition) is 4. The van der Waals surface area contributed by atoms with E-state index >= 15 is 0 Å². The highest BCUT2D eigenvalue weighted by Gasteiger charge is 2.26. The van der Waals surface area contributed by atoms with Gasteiger partial charge >= 0.3 is 5.97 Å². The number of aldehydes is 1. The van der Waals surface area contributed by atoms with Crippen LogP contribution in [-0.2, 0) is 4.74 Å². The number of rotatable bonds is 3. The maximum absolute atomic E-state index is 12.8. The number of methoxy groups -OCH3 is 1. The third-order valence-electron chi connectivity index (χ3n) is 2.13. The molecule has 0 heterocycles. The number of hydrogen-bond donors (Lipinski definition) is 0. The normalized spacial score (nSPS) is 9.82. The summed E-state index contributed by atoms with van der Waals surface area (Å²) in [5, 5.41) is 8.69. The molecule has 0 atom stereocenters. The van der Waals surface area contributed by atoms with E-state index in [0.29, 0.717) is 0 Å². The minimum atomic E-state index is -3.04. The molecule has 1 aromatic rings. The smallest absolute Gasteiger partial charge is 0.339 e. The first-order valence-corrected chi connectivity index (χ1v) is 4.45. The van der Waals surface area contributed by atoms with Gasteiger partial charge in [0.15, 0.2) is 6.29 Å². The number of carbonyl (C=O) groups excluding carboxylic acids is 2. The zero-order chi connectivity index (χ0) is 13.0. The number of nitrogens with zero attached hydrogens (tertiary/aromatic N) is 1. The maximum atomic E-state index is 12.8. The van der Waals surface area contributed by atoms with Crippen LogP contribution < -0.4 is 0 Å².